The Hall–Kier alpha value is -2.04. The minimum absolute atomic E-state index is 0.161. The molecule has 0 N–H and O–H groups in total. The molecule has 0 aliphatic carbocycles. The molecule has 2 aromatic heterocycles. The number of amides is 1. The van der Waals surface area contributed by atoms with Crippen LogP contribution in [-0.2, 0) is 11.3 Å². The Kier molecular flexibility index (Phi) is 4.55. The van der Waals surface area contributed by atoms with Gasteiger partial charge in [-0.3, -0.25) is 9.48 Å². The lowest BCUT2D eigenvalue weighted by Crippen LogP contribution is -2.47. The highest BCUT2D eigenvalue weighted by atomic mass is 16.3. The maximum absolute atomic E-state index is 13.1. The molecule has 0 unspecified atom stereocenters. The molecule has 2 atom stereocenters. The van der Waals surface area contributed by atoms with Gasteiger partial charge in [0.25, 0.3) is 0 Å². The topological polar surface area (TPSA) is 51.3 Å². The van der Waals surface area contributed by atoms with Crippen molar-refractivity contribution in [3.8, 4) is 0 Å². The lowest BCUT2D eigenvalue weighted by atomic mass is 9.95. The molecular formula is C18H25N3O2. The largest absolute Gasteiger partial charge is 0.466 e. The van der Waals surface area contributed by atoms with Gasteiger partial charge in [0.2, 0.25) is 5.91 Å². The maximum atomic E-state index is 13.1. The first kappa shape index (κ1) is 15.8. The number of nitrogens with zero attached hydrogens (tertiary/aromatic N) is 3. The highest BCUT2D eigenvalue weighted by Crippen LogP contribution is 2.28. The molecule has 0 saturated carbocycles. The Balaban J connectivity index is 1.76. The molecule has 0 radical (unpaired) electrons. The van der Waals surface area contributed by atoms with E-state index in [1.807, 2.05) is 43.8 Å². The van der Waals surface area contributed by atoms with E-state index < -0.39 is 0 Å². The van der Waals surface area contributed by atoms with E-state index in [1.165, 1.54) is 6.42 Å². The van der Waals surface area contributed by atoms with Crippen molar-refractivity contribution in [3.63, 3.8) is 0 Å². The zero-order valence-electron chi connectivity index (χ0n) is 14.2. The van der Waals surface area contributed by atoms with E-state index >= 15 is 0 Å². The molecule has 3 heterocycles. The van der Waals surface area contributed by atoms with Crippen LogP contribution in [0.3, 0.4) is 0 Å². The lowest BCUT2D eigenvalue weighted by molar-refractivity contribution is -0.136. The molecule has 1 aliphatic rings. The first-order valence-corrected chi connectivity index (χ1v) is 8.41. The molecule has 0 bridgehead atoms. The number of aromatic nitrogens is 2. The molecule has 2 aromatic rings. The van der Waals surface area contributed by atoms with Crippen LogP contribution < -0.4 is 0 Å². The summed E-state index contributed by atoms with van der Waals surface area (Å²) in [5.74, 6) is 1.75. The SMILES string of the molecule is Cc1cc([C@@H](C)C(=O)N2CCCC[C@@H]2Cn2cccn2)c(C)o1. The summed E-state index contributed by atoms with van der Waals surface area (Å²) < 4.78 is 7.53. The standard InChI is InChI=1S/C18H25N3O2/c1-13-11-17(15(3)23-13)14(2)18(22)21-10-5-4-7-16(21)12-20-9-6-8-19-20/h6,8-9,11,14,16H,4-5,7,10,12H2,1-3H3/t14-,16-/m1/s1. The van der Waals surface area contributed by atoms with E-state index in [9.17, 15) is 4.79 Å². The van der Waals surface area contributed by atoms with Crippen molar-refractivity contribution in [2.24, 2.45) is 0 Å². The van der Waals surface area contributed by atoms with Gasteiger partial charge < -0.3 is 9.32 Å². The smallest absolute Gasteiger partial charge is 0.230 e. The third-order valence-corrected chi connectivity index (χ3v) is 4.78. The minimum atomic E-state index is -0.161. The number of aryl methyl sites for hydroxylation is 2. The highest BCUT2D eigenvalue weighted by Gasteiger charge is 2.31. The Morgan fingerprint density at radius 2 is 2.26 bits per heavy atom. The second kappa shape index (κ2) is 6.60. The molecule has 1 amide bonds. The summed E-state index contributed by atoms with van der Waals surface area (Å²) >= 11 is 0. The Morgan fingerprint density at radius 1 is 1.43 bits per heavy atom. The second-order valence-electron chi connectivity index (χ2n) is 6.50. The van der Waals surface area contributed by atoms with Crippen LogP contribution in [0.5, 0.6) is 0 Å². The summed E-state index contributed by atoms with van der Waals surface area (Å²) in [7, 11) is 0. The van der Waals surface area contributed by atoms with Crippen LogP contribution in [0.1, 0.15) is 49.2 Å². The summed E-state index contributed by atoms with van der Waals surface area (Å²) in [5, 5.41) is 4.29. The number of carbonyl (C=O) groups excluding carboxylic acids is 1. The van der Waals surface area contributed by atoms with Gasteiger partial charge in [0.1, 0.15) is 11.5 Å². The summed E-state index contributed by atoms with van der Waals surface area (Å²) in [6.45, 7) is 7.46. The van der Waals surface area contributed by atoms with Crippen molar-refractivity contribution in [1.82, 2.24) is 14.7 Å². The fraction of sp³-hybridized carbons (Fsp3) is 0.556. The lowest BCUT2D eigenvalue weighted by Gasteiger charge is -2.37. The van der Waals surface area contributed by atoms with Gasteiger partial charge in [0.05, 0.1) is 18.5 Å². The Morgan fingerprint density at radius 3 is 2.91 bits per heavy atom. The van der Waals surface area contributed by atoms with Crippen LogP contribution in [0.2, 0.25) is 0 Å². The molecule has 0 spiro atoms. The van der Waals surface area contributed by atoms with E-state index in [-0.39, 0.29) is 17.9 Å². The van der Waals surface area contributed by atoms with E-state index in [4.69, 9.17) is 4.42 Å². The number of piperidine rings is 1. The van der Waals surface area contributed by atoms with Crippen molar-refractivity contribution in [2.75, 3.05) is 6.54 Å². The Labute approximate surface area is 137 Å². The Bertz CT molecular complexity index is 660. The van der Waals surface area contributed by atoms with Gasteiger partial charge in [0.15, 0.2) is 0 Å². The zero-order chi connectivity index (χ0) is 16.4. The van der Waals surface area contributed by atoms with Crippen molar-refractivity contribution in [3.05, 3.63) is 41.6 Å². The van der Waals surface area contributed by atoms with Crippen LogP contribution in [0.4, 0.5) is 0 Å². The van der Waals surface area contributed by atoms with Gasteiger partial charge in [0, 0.05) is 24.5 Å². The van der Waals surface area contributed by atoms with E-state index in [0.717, 1.165) is 43.0 Å². The van der Waals surface area contributed by atoms with E-state index in [2.05, 4.69) is 10.00 Å². The van der Waals surface area contributed by atoms with Crippen LogP contribution in [0.15, 0.2) is 28.9 Å². The third kappa shape index (κ3) is 3.33. The third-order valence-electron chi connectivity index (χ3n) is 4.78. The molecular weight excluding hydrogens is 290 g/mol. The normalized spacial score (nSPS) is 19.8. The van der Waals surface area contributed by atoms with E-state index in [0.29, 0.717) is 0 Å². The summed E-state index contributed by atoms with van der Waals surface area (Å²) in [6, 6.07) is 4.14. The fourth-order valence-corrected chi connectivity index (χ4v) is 3.57. The number of hydrogen-bond donors (Lipinski definition) is 0. The van der Waals surface area contributed by atoms with Gasteiger partial charge >= 0.3 is 0 Å². The first-order valence-electron chi connectivity index (χ1n) is 8.41. The summed E-state index contributed by atoms with van der Waals surface area (Å²) in [5.41, 5.74) is 1.01. The molecule has 0 aromatic carbocycles. The molecule has 1 saturated heterocycles. The second-order valence-corrected chi connectivity index (χ2v) is 6.50. The van der Waals surface area contributed by atoms with Gasteiger partial charge in [-0.05, 0) is 52.2 Å². The van der Waals surface area contributed by atoms with Crippen LogP contribution >= 0.6 is 0 Å². The molecule has 3 rings (SSSR count). The molecule has 23 heavy (non-hydrogen) atoms. The average molecular weight is 315 g/mol. The first-order chi connectivity index (χ1) is 11.1. The summed E-state index contributed by atoms with van der Waals surface area (Å²) in [6.07, 6.45) is 7.05. The maximum Gasteiger partial charge on any atom is 0.230 e. The average Bonchev–Trinajstić information content (AvgIpc) is 3.16. The predicted octanol–water partition coefficient (Wildman–Crippen LogP) is 3.28. The van der Waals surface area contributed by atoms with Crippen LogP contribution in [0.25, 0.3) is 0 Å². The minimum Gasteiger partial charge on any atom is -0.466 e. The quantitative estimate of drug-likeness (QED) is 0.870. The monoisotopic (exact) mass is 315 g/mol. The van der Waals surface area contributed by atoms with Crippen molar-refractivity contribution in [1.29, 1.82) is 0 Å². The zero-order valence-corrected chi connectivity index (χ0v) is 14.2. The van der Waals surface area contributed by atoms with Crippen LogP contribution in [-0.4, -0.2) is 33.2 Å². The number of hydrogen-bond acceptors (Lipinski definition) is 3. The molecule has 5 heteroatoms. The van der Waals surface area contributed by atoms with Gasteiger partial charge in [-0.15, -0.1) is 0 Å². The fourth-order valence-electron chi connectivity index (χ4n) is 3.57. The molecule has 5 nitrogen and oxygen atoms in total. The van der Waals surface area contributed by atoms with Crippen LogP contribution in [0, 0.1) is 13.8 Å². The van der Waals surface area contributed by atoms with Gasteiger partial charge in [-0.2, -0.15) is 5.10 Å². The van der Waals surface area contributed by atoms with Crippen molar-refractivity contribution >= 4 is 5.91 Å². The van der Waals surface area contributed by atoms with Crippen molar-refractivity contribution in [2.45, 2.75) is 58.5 Å². The molecule has 1 fully saturated rings. The molecule has 124 valence electrons. The number of carbonyl (C=O) groups is 1. The predicted molar refractivity (Wildman–Crippen MR) is 88.2 cm³/mol. The van der Waals surface area contributed by atoms with Gasteiger partial charge in [-0.1, -0.05) is 0 Å². The van der Waals surface area contributed by atoms with Gasteiger partial charge in [-0.25, -0.2) is 0 Å². The number of rotatable bonds is 4. The highest BCUT2D eigenvalue weighted by molar-refractivity contribution is 5.84. The molecule has 1 aliphatic heterocycles. The van der Waals surface area contributed by atoms with Crippen molar-refractivity contribution < 1.29 is 9.21 Å². The number of likely N-dealkylation sites (tertiary alicyclic amines) is 1. The number of furan rings is 1. The summed E-state index contributed by atoms with van der Waals surface area (Å²) in [4.78, 5) is 15.1. The van der Waals surface area contributed by atoms with E-state index in [1.54, 1.807) is 6.20 Å².